The molecule has 8 heteroatoms. The largest absolute Gasteiger partial charge is 0.481 e. The van der Waals surface area contributed by atoms with Gasteiger partial charge in [-0.2, -0.15) is 0 Å². The first-order chi connectivity index (χ1) is 8.85. The summed E-state index contributed by atoms with van der Waals surface area (Å²) < 4.78 is 4.89. The minimum absolute atomic E-state index is 0.179. The Morgan fingerprint density at radius 1 is 1.47 bits per heavy atom. The minimum atomic E-state index is -0.896. The van der Waals surface area contributed by atoms with Crippen molar-refractivity contribution in [3.05, 3.63) is 0 Å². The average Bonchev–Trinajstić information content (AvgIpc) is 2.72. The summed E-state index contributed by atoms with van der Waals surface area (Å²) in [6.45, 7) is 2.47. The first-order valence-electron chi connectivity index (χ1n) is 5.97. The lowest BCUT2D eigenvalue weighted by molar-refractivity contribution is -0.147. The van der Waals surface area contributed by atoms with Crippen LogP contribution in [0.25, 0.3) is 0 Å². The summed E-state index contributed by atoms with van der Waals surface area (Å²) in [6.07, 6.45) is 0.438. The molecule has 0 saturated carbocycles. The summed E-state index contributed by atoms with van der Waals surface area (Å²) in [5.74, 6) is -1.46. The van der Waals surface area contributed by atoms with E-state index in [1.165, 1.54) is 4.90 Å². The third kappa shape index (κ3) is 4.40. The molecule has 1 atom stereocenters. The predicted octanol–water partition coefficient (Wildman–Crippen LogP) is -1.01. The Hall–Kier alpha value is -1.83. The van der Waals surface area contributed by atoms with E-state index in [4.69, 9.17) is 15.6 Å². The number of primary amides is 1. The second-order valence-electron chi connectivity index (χ2n) is 4.79. The quantitative estimate of drug-likeness (QED) is 0.535. The minimum Gasteiger partial charge on any atom is -0.481 e. The van der Waals surface area contributed by atoms with E-state index < -0.39 is 17.3 Å². The fourth-order valence-electron chi connectivity index (χ4n) is 1.82. The van der Waals surface area contributed by atoms with E-state index in [2.05, 4.69) is 5.32 Å². The average molecular weight is 273 g/mol. The molecule has 8 nitrogen and oxygen atoms in total. The lowest BCUT2D eigenvalue weighted by Crippen LogP contribution is -2.42. The van der Waals surface area contributed by atoms with Gasteiger partial charge in [-0.15, -0.1) is 0 Å². The molecule has 3 amide bonds. The zero-order valence-electron chi connectivity index (χ0n) is 10.8. The molecule has 19 heavy (non-hydrogen) atoms. The number of carboxylic acid groups (broad SMARTS) is 1. The molecule has 1 fully saturated rings. The number of likely N-dealkylation sites (tertiary alicyclic amines) is 1. The number of carbonyl (C=O) groups excluding carboxylic acids is 2. The Bertz CT molecular complexity index is 373. The first kappa shape index (κ1) is 15.2. The van der Waals surface area contributed by atoms with E-state index in [-0.39, 0.29) is 32.3 Å². The number of hydrogen-bond donors (Lipinski definition) is 3. The van der Waals surface area contributed by atoms with Gasteiger partial charge in [-0.25, -0.2) is 4.79 Å². The van der Waals surface area contributed by atoms with Gasteiger partial charge in [0, 0.05) is 19.6 Å². The molecule has 1 heterocycles. The molecule has 1 aliphatic heterocycles. The smallest absolute Gasteiger partial charge is 0.317 e. The second kappa shape index (κ2) is 6.37. The first-order valence-corrected chi connectivity index (χ1v) is 5.97. The third-order valence-electron chi connectivity index (χ3n) is 3.04. The maximum absolute atomic E-state index is 11.7. The molecule has 0 aliphatic carbocycles. The number of amides is 3. The molecule has 4 N–H and O–H groups in total. The van der Waals surface area contributed by atoms with Gasteiger partial charge < -0.3 is 25.8 Å². The van der Waals surface area contributed by atoms with Crippen molar-refractivity contribution >= 4 is 17.9 Å². The van der Waals surface area contributed by atoms with E-state index in [0.29, 0.717) is 13.0 Å². The molecular formula is C11H19N3O5. The second-order valence-corrected chi connectivity index (χ2v) is 4.79. The third-order valence-corrected chi connectivity index (χ3v) is 3.04. The van der Waals surface area contributed by atoms with E-state index in [9.17, 15) is 14.4 Å². The topological polar surface area (TPSA) is 122 Å². The maximum Gasteiger partial charge on any atom is 0.317 e. The summed E-state index contributed by atoms with van der Waals surface area (Å²) in [5, 5.41) is 11.6. The van der Waals surface area contributed by atoms with Gasteiger partial charge >= 0.3 is 12.0 Å². The normalized spacial score (nSPS) is 22.3. The summed E-state index contributed by atoms with van der Waals surface area (Å²) >= 11 is 0. The summed E-state index contributed by atoms with van der Waals surface area (Å²) in [7, 11) is 0. The Labute approximate surface area is 110 Å². The number of rotatable bonds is 6. The van der Waals surface area contributed by atoms with E-state index in [1.54, 1.807) is 6.92 Å². The van der Waals surface area contributed by atoms with Crippen LogP contribution in [0.1, 0.15) is 13.3 Å². The molecule has 108 valence electrons. The van der Waals surface area contributed by atoms with Gasteiger partial charge in [0.1, 0.15) is 6.61 Å². The van der Waals surface area contributed by atoms with Gasteiger partial charge in [-0.1, -0.05) is 0 Å². The number of nitrogens with one attached hydrogen (secondary N) is 1. The number of nitrogens with two attached hydrogens (primary N) is 1. The molecular weight excluding hydrogens is 254 g/mol. The highest BCUT2D eigenvalue weighted by atomic mass is 16.5. The highest BCUT2D eigenvalue weighted by Crippen LogP contribution is 2.29. The van der Waals surface area contributed by atoms with Crippen LogP contribution in [0.4, 0.5) is 4.79 Å². The Kier molecular flexibility index (Phi) is 5.11. The number of urea groups is 1. The van der Waals surface area contributed by atoms with Crippen molar-refractivity contribution in [1.82, 2.24) is 10.2 Å². The fourth-order valence-corrected chi connectivity index (χ4v) is 1.82. The zero-order chi connectivity index (χ0) is 14.5. The van der Waals surface area contributed by atoms with E-state index in [1.807, 2.05) is 0 Å². The molecule has 0 spiro atoms. The summed E-state index contributed by atoms with van der Waals surface area (Å²) in [5.41, 5.74) is 4.00. The highest BCUT2D eigenvalue weighted by Gasteiger charge is 2.42. The Morgan fingerprint density at radius 2 is 2.16 bits per heavy atom. The molecule has 0 radical (unpaired) electrons. The van der Waals surface area contributed by atoms with Crippen LogP contribution in [0.3, 0.4) is 0 Å². The maximum atomic E-state index is 11.7. The Balaban J connectivity index is 2.25. The number of carbonyl (C=O) groups is 3. The number of ether oxygens (including phenoxy) is 1. The van der Waals surface area contributed by atoms with Gasteiger partial charge in [0.05, 0.1) is 12.0 Å². The van der Waals surface area contributed by atoms with Gasteiger partial charge in [0.25, 0.3) is 0 Å². The van der Waals surface area contributed by atoms with E-state index >= 15 is 0 Å². The summed E-state index contributed by atoms with van der Waals surface area (Å²) in [6, 6.07) is -0.326. The van der Waals surface area contributed by atoms with Crippen molar-refractivity contribution in [2.75, 3.05) is 32.8 Å². The van der Waals surface area contributed by atoms with Crippen LogP contribution in [0, 0.1) is 5.41 Å². The van der Waals surface area contributed by atoms with Crippen molar-refractivity contribution in [1.29, 1.82) is 0 Å². The number of hydrogen-bond acceptors (Lipinski definition) is 4. The Morgan fingerprint density at radius 3 is 2.68 bits per heavy atom. The molecule has 0 bridgehead atoms. The van der Waals surface area contributed by atoms with Crippen LogP contribution >= 0.6 is 0 Å². The highest BCUT2D eigenvalue weighted by molar-refractivity contribution is 5.79. The lowest BCUT2D eigenvalue weighted by atomic mass is 9.90. The number of aliphatic carboxylic acids is 1. The standard InChI is InChI=1S/C11H19N3O5/c1-11(9(16)17)2-4-14(7-11)10(18)13-3-5-19-6-8(12)15/h2-7H2,1H3,(H2,12,15)(H,13,18)(H,16,17). The molecule has 0 aromatic heterocycles. The zero-order valence-corrected chi connectivity index (χ0v) is 10.8. The van der Waals surface area contributed by atoms with Crippen LogP contribution in [0.15, 0.2) is 0 Å². The predicted molar refractivity (Wildman–Crippen MR) is 65.3 cm³/mol. The van der Waals surface area contributed by atoms with Crippen molar-refractivity contribution < 1.29 is 24.2 Å². The molecule has 0 aromatic rings. The van der Waals surface area contributed by atoms with Gasteiger partial charge in [0.2, 0.25) is 5.91 Å². The molecule has 1 unspecified atom stereocenters. The van der Waals surface area contributed by atoms with Crippen LogP contribution < -0.4 is 11.1 Å². The fraction of sp³-hybridized carbons (Fsp3) is 0.727. The SMILES string of the molecule is CC1(C(=O)O)CCN(C(=O)NCCOCC(N)=O)C1. The van der Waals surface area contributed by atoms with Crippen LogP contribution in [-0.2, 0) is 14.3 Å². The van der Waals surface area contributed by atoms with Crippen LogP contribution in [0.5, 0.6) is 0 Å². The number of nitrogens with zero attached hydrogens (tertiary/aromatic N) is 1. The van der Waals surface area contributed by atoms with E-state index in [0.717, 1.165) is 0 Å². The van der Waals surface area contributed by atoms with Crippen molar-refractivity contribution in [3.63, 3.8) is 0 Å². The van der Waals surface area contributed by atoms with Gasteiger partial charge in [0.15, 0.2) is 0 Å². The van der Waals surface area contributed by atoms with Crippen LogP contribution in [0.2, 0.25) is 0 Å². The molecule has 0 aromatic carbocycles. The molecule has 1 saturated heterocycles. The monoisotopic (exact) mass is 273 g/mol. The number of carboxylic acids is 1. The van der Waals surface area contributed by atoms with Crippen molar-refractivity contribution in [2.45, 2.75) is 13.3 Å². The van der Waals surface area contributed by atoms with Gasteiger partial charge in [-0.05, 0) is 13.3 Å². The van der Waals surface area contributed by atoms with Crippen molar-refractivity contribution in [3.8, 4) is 0 Å². The van der Waals surface area contributed by atoms with Crippen molar-refractivity contribution in [2.24, 2.45) is 11.1 Å². The van der Waals surface area contributed by atoms with Gasteiger partial charge in [-0.3, -0.25) is 9.59 Å². The summed E-state index contributed by atoms with van der Waals surface area (Å²) in [4.78, 5) is 34.6. The molecule has 1 rings (SSSR count). The lowest BCUT2D eigenvalue weighted by Gasteiger charge is -2.20. The van der Waals surface area contributed by atoms with Crippen LogP contribution in [-0.4, -0.2) is 60.8 Å². The molecule has 1 aliphatic rings.